The Bertz CT molecular complexity index is 527. The van der Waals surface area contributed by atoms with Crippen LogP contribution in [0.2, 0.25) is 0 Å². The summed E-state index contributed by atoms with van der Waals surface area (Å²) in [6, 6.07) is 10.1. The minimum atomic E-state index is 0.372. The Kier molecular flexibility index (Phi) is 2.94. The van der Waals surface area contributed by atoms with E-state index in [4.69, 9.17) is 5.73 Å². The van der Waals surface area contributed by atoms with Gasteiger partial charge in [-0.25, -0.2) is 0 Å². The molecule has 3 nitrogen and oxygen atoms in total. The van der Waals surface area contributed by atoms with Crippen LogP contribution in [0.25, 0.3) is 0 Å². The fourth-order valence-corrected chi connectivity index (χ4v) is 3.84. The number of aliphatic imine (C=N–C) groups is 1. The van der Waals surface area contributed by atoms with Gasteiger partial charge in [-0.1, -0.05) is 37.1 Å². The Balaban J connectivity index is 1.61. The highest BCUT2D eigenvalue weighted by atomic mass is 15.3. The standard InChI is InChI=1S/C17H23N3/c18-17-19-11-16(20(17)15-6-1-2-7-15)14-5-3-4-13(10-14)12-8-9-12/h3-5,10,12,15-16H,1-2,6-9,11H2,(H2,18,19). The predicted molar refractivity (Wildman–Crippen MR) is 81.7 cm³/mol. The SMILES string of the molecule is NC1=NCC(c2cccc(C3CC3)c2)N1C1CCCC1. The van der Waals surface area contributed by atoms with E-state index in [9.17, 15) is 0 Å². The van der Waals surface area contributed by atoms with Gasteiger partial charge >= 0.3 is 0 Å². The average Bonchev–Trinajstić information content (AvgIpc) is 3.05. The van der Waals surface area contributed by atoms with Gasteiger partial charge < -0.3 is 10.6 Å². The van der Waals surface area contributed by atoms with Crippen molar-refractivity contribution in [2.45, 2.75) is 56.5 Å². The van der Waals surface area contributed by atoms with Gasteiger partial charge in [0.1, 0.15) is 0 Å². The number of nitrogens with zero attached hydrogens (tertiary/aromatic N) is 2. The second-order valence-electron chi connectivity index (χ2n) is 6.50. The molecule has 3 heteroatoms. The third-order valence-corrected chi connectivity index (χ3v) is 5.09. The number of rotatable bonds is 3. The van der Waals surface area contributed by atoms with Crippen LogP contribution in [-0.2, 0) is 0 Å². The minimum absolute atomic E-state index is 0.372. The van der Waals surface area contributed by atoms with E-state index in [0.29, 0.717) is 12.1 Å². The van der Waals surface area contributed by atoms with E-state index in [1.165, 1.54) is 49.7 Å². The van der Waals surface area contributed by atoms with Gasteiger partial charge in [0.2, 0.25) is 0 Å². The maximum atomic E-state index is 6.17. The monoisotopic (exact) mass is 269 g/mol. The normalized spacial score (nSPS) is 27.1. The molecule has 4 rings (SSSR count). The molecule has 0 aromatic heterocycles. The number of benzene rings is 1. The molecule has 1 heterocycles. The first kappa shape index (κ1) is 12.2. The third-order valence-electron chi connectivity index (χ3n) is 5.09. The molecule has 2 N–H and O–H groups in total. The molecule has 1 aromatic carbocycles. The Morgan fingerprint density at radius 1 is 1.05 bits per heavy atom. The molecule has 20 heavy (non-hydrogen) atoms. The van der Waals surface area contributed by atoms with E-state index in [-0.39, 0.29) is 0 Å². The van der Waals surface area contributed by atoms with Crippen molar-refractivity contribution in [3.63, 3.8) is 0 Å². The van der Waals surface area contributed by atoms with Gasteiger partial charge in [0.25, 0.3) is 0 Å². The van der Waals surface area contributed by atoms with Crippen LogP contribution in [0.5, 0.6) is 0 Å². The van der Waals surface area contributed by atoms with E-state index in [0.717, 1.165) is 18.4 Å². The van der Waals surface area contributed by atoms with Crippen molar-refractivity contribution in [1.29, 1.82) is 0 Å². The first-order valence-corrected chi connectivity index (χ1v) is 8.01. The van der Waals surface area contributed by atoms with Gasteiger partial charge in [-0.15, -0.1) is 0 Å². The zero-order valence-electron chi connectivity index (χ0n) is 12.0. The quantitative estimate of drug-likeness (QED) is 0.915. The van der Waals surface area contributed by atoms with Crippen LogP contribution in [0.1, 0.15) is 61.6 Å². The molecule has 0 spiro atoms. The highest BCUT2D eigenvalue weighted by molar-refractivity contribution is 5.80. The van der Waals surface area contributed by atoms with Crippen LogP contribution in [0.4, 0.5) is 0 Å². The molecule has 0 radical (unpaired) electrons. The number of nitrogens with two attached hydrogens (primary N) is 1. The van der Waals surface area contributed by atoms with Crippen LogP contribution in [-0.4, -0.2) is 23.4 Å². The molecule has 106 valence electrons. The maximum absolute atomic E-state index is 6.17. The summed E-state index contributed by atoms with van der Waals surface area (Å²) in [5.74, 6) is 1.58. The number of hydrogen-bond acceptors (Lipinski definition) is 3. The van der Waals surface area contributed by atoms with E-state index < -0.39 is 0 Å². The van der Waals surface area contributed by atoms with E-state index in [2.05, 4.69) is 34.2 Å². The maximum Gasteiger partial charge on any atom is 0.192 e. The van der Waals surface area contributed by atoms with Gasteiger partial charge in [-0.05, 0) is 42.7 Å². The first-order valence-electron chi connectivity index (χ1n) is 8.01. The molecule has 0 amide bonds. The lowest BCUT2D eigenvalue weighted by atomic mass is 10.00. The smallest absolute Gasteiger partial charge is 0.192 e. The second-order valence-corrected chi connectivity index (χ2v) is 6.50. The third kappa shape index (κ3) is 2.09. The van der Waals surface area contributed by atoms with Crippen molar-refractivity contribution in [3.05, 3.63) is 35.4 Å². The molecular formula is C17H23N3. The molecule has 2 saturated carbocycles. The molecule has 2 aliphatic carbocycles. The summed E-state index contributed by atoms with van der Waals surface area (Å²) in [5, 5.41) is 0. The minimum Gasteiger partial charge on any atom is -0.370 e. The van der Waals surface area contributed by atoms with Gasteiger partial charge in [0, 0.05) is 6.04 Å². The lowest BCUT2D eigenvalue weighted by molar-refractivity contribution is 0.262. The summed E-state index contributed by atoms with van der Waals surface area (Å²) in [4.78, 5) is 6.93. The molecule has 1 unspecified atom stereocenters. The lowest BCUT2D eigenvalue weighted by Gasteiger charge is -2.32. The van der Waals surface area contributed by atoms with Crippen LogP contribution >= 0.6 is 0 Å². The van der Waals surface area contributed by atoms with Crippen LogP contribution in [0.3, 0.4) is 0 Å². The fourth-order valence-electron chi connectivity index (χ4n) is 3.84. The van der Waals surface area contributed by atoms with E-state index in [1.54, 1.807) is 0 Å². The molecule has 1 aliphatic heterocycles. The molecule has 0 bridgehead atoms. The zero-order chi connectivity index (χ0) is 13.5. The van der Waals surface area contributed by atoms with Crippen LogP contribution in [0.15, 0.2) is 29.3 Å². The number of hydrogen-bond donors (Lipinski definition) is 1. The van der Waals surface area contributed by atoms with Crippen molar-refractivity contribution in [2.24, 2.45) is 10.7 Å². The molecule has 1 atom stereocenters. The highest BCUT2D eigenvalue weighted by Crippen LogP contribution is 2.41. The summed E-state index contributed by atoms with van der Waals surface area (Å²) >= 11 is 0. The van der Waals surface area contributed by atoms with E-state index in [1.807, 2.05) is 0 Å². The van der Waals surface area contributed by atoms with Crippen molar-refractivity contribution < 1.29 is 0 Å². The molecule has 0 saturated heterocycles. The summed E-state index contributed by atoms with van der Waals surface area (Å²) < 4.78 is 0. The summed E-state index contributed by atoms with van der Waals surface area (Å²) in [5.41, 5.74) is 9.09. The fraction of sp³-hybridized carbons (Fsp3) is 0.588. The van der Waals surface area contributed by atoms with Crippen LogP contribution < -0.4 is 5.73 Å². The summed E-state index contributed by atoms with van der Waals surface area (Å²) in [6.45, 7) is 0.830. The topological polar surface area (TPSA) is 41.6 Å². The van der Waals surface area contributed by atoms with Crippen molar-refractivity contribution in [1.82, 2.24) is 4.90 Å². The Hall–Kier alpha value is -1.51. The summed E-state index contributed by atoms with van der Waals surface area (Å²) in [7, 11) is 0. The summed E-state index contributed by atoms with van der Waals surface area (Å²) in [6.07, 6.45) is 7.94. The predicted octanol–water partition coefficient (Wildman–Crippen LogP) is 3.18. The molecule has 2 fully saturated rings. The molecule has 3 aliphatic rings. The average molecular weight is 269 g/mol. The second kappa shape index (κ2) is 4.80. The van der Waals surface area contributed by atoms with Crippen molar-refractivity contribution >= 4 is 5.96 Å². The van der Waals surface area contributed by atoms with Gasteiger partial charge in [0.05, 0.1) is 12.6 Å². The van der Waals surface area contributed by atoms with Gasteiger partial charge in [-0.3, -0.25) is 4.99 Å². The Labute approximate surface area is 120 Å². The van der Waals surface area contributed by atoms with Gasteiger partial charge in [-0.2, -0.15) is 0 Å². The van der Waals surface area contributed by atoms with E-state index >= 15 is 0 Å². The largest absolute Gasteiger partial charge is 0.370 e. The van der Waals surface area contributed by atoms with Crippen molar-refractivity contribution in [2.75, 3.05) is 6.54 Å². The molecular weight excluding hydrogens is 246 g/mol. The zero-order valence-corrected chi connectivity index (χ0v) is 12.0. The Morgan fingerprint density at radius 3 is 2.55 bits per heavy atom. The first-order chi connectivity index (χ1) is 9.83. The Morgan fingerprint density at radius 2 is 1.80 bits per heavy atom. The lowest BCUT2D eigenvalue weighted by Crippen LogP contribution is -2.42. The van der Waals surface area contributed by atoms with Gasteiger partial charge in [0.15, 0.2) is 5.96 Å². The molecule has 1 aromatic rings. The van der Waals surface area contributed by atoms with Crippen molar-refractivity contribution in [3.8, 4) is 0 Å². The van der Waals surface area contributed by atoms with Crippen LogP contribution in [0, 0.1) is 0 Å². The highest BCUT2D eigenvalue weighted by Gasteiger charge is 2.35. The number of guanidine groups is 1.